The van der Waals surface area contributed by atoms with Crippen molar-refractivity contribution in [2.24, 2.45) is 0 Å². The van der Waals surface area contributed by atoms with Gasteiger partial charge in [0.25, 0.3) is 5.91 Å². The average molecular weight is 436 g/mol. The minimum Gasteiger partial charge on any atom is -0.496 e. The molecule has 1 aliphatic rings. The van der Waals surface area contributed by atoms with E-state index in [1.165, 1.54) is 16.5 Å². The molecule has 4 rings (SSSR count). The van der Waals surface area contributed by atoms with Crippen LogP contribution in [0.4, 0.5) is 0 Å². The van der Waals surface area contributed by atoms with E-state index < -0.39 is 0 Å². The number of ether oxygens (including phenoxy) is 2. The van der Waals surface area contributed by atoms with Crippen molar-refractivity contribution < 1.29 is 14.3 Å². The number of amides is 1. The first kappa shape index (κ1) is 22.2. The van der Waals surface area contributed by atoms with Gasteiger partial charge in [-0.2, -0.15) is 0 Å². The van der Waals surface area contributed by atoms with Crippen LogP contribution in [-0.2, 0) is 13.1 Å². The Balaban J connectivity index is 1.37. The SMILES string of the molecule is CCn1cc(CN2CCC(NC(=O)c3cc(OC)c(C)c(OC)c3)CC2)c2ccccc21. The number of benzene rings is 2. The number of piperidine rings is 1. The highest BCUT2D eigenvalue weighted by atomic mass is 16.5. The van der Waals surface area contributed by atoms with Crippen molar-refractivity contribution in [3.8, 4) is 11.5 Å². The van der Waals surface area contributed by atoms with Gasteiger partial charge in [0.15, 0.2) is 0 Å². The van der Waals surface area contributed by atoms with E-state index >= 15 is 0 Å². The van der Waals surface area contributed by atoms with Crippen LogP contribution >= 0.6 is 0 Å². The number of rotatable bonds is 7. The summed E-state index contributed by atoms with van der Waals surface area (Å²) in [6.45, 7) is 7.97. The number of carbonyl (C=O) groups is 1. The van der Waals surface area contributed by atoms with Gasteiger partial charge in [0.05, 0.1) is 14.2 Å². The van der Waals surface area contributed by atoms with Gasteiger partial charge in [-0.05, 0) is 50.5 Å². The van der Waals surface area contributed by atoms with Crippen LogP contribution in [0.1, 0.15) is 41.3 Å². The number of hydrogen-bond donors (Lipinski definition) is 1. The van der Waals surface area contributed by atoms with Crippen molar-refractivity contribution in [2.45, 2.75) is 45.8 Å². The first-order valence-corrected chi connectivity index (χ1v) is 11.4. The van der Waals surface area contributed by atoms with Crippen molar-refractivity contribution in [1.29, 1.82) is 0 Å². The summed E-state index contributed by atoms with van der Waals surface area (Å²) in [6.07, 6.45) is 4.17. The standard InChI is InChI=1S/C26H33N3O3/c1-5-29-17-20(22-8-6-7-9-23(22)29)16-28-12-10-21(11-13-28)27-26(30)19-14-24(31-3)18(2)25(15-19)32-4/h6-9,14-15,17,21H,5,10-13,16H2,1-4H3,(H,27,30). The zero-order chi connectivity index (χ0) is 22.7. The number of fused-ring (bicyclic) bond motifs is 1. The van der Waals surface area contributed by atoms with Crippen molar-refractivity contribution in [2.75, 3.05) is 27.3 Å². The zero-order valence-electron chi connectivity index (χ0n) is 19.5. The van der Waals surface area contributed by atoms with Crippen molar-refractivity contribution in [3.05, 3.63) is 59.3 Å². The second-order valence-corrected chi connectivity index (χ2v) is 8.49. The van der Waals surface area contributed by atoms with Crippen molar-refractivity contribution >= 4 is 16.8 Å². The Kier molecular flexibility index (Phi) is 6.70. The van der Waals surface area contributed by atoms with Gasteiger partial charge < -0.3 is 19.4 Å². The van der Waals surface area contributed by atoms with Gasteiger partial charge in [-0.15, -0.1) is 0 Å². The Morgan fingerprint density at radius 1 is 1.09 bits per heavy atom. The van der Waals surface area contributed by atoms with Gasteiger partial charge in [0, 0.05) is 60.4 Å². The van der Waals surface area contributed by atoms with Crippen LogP contribution in [0.25, 0.3) is 10.9 Å². The molecule has 0 atom stereocenters. The number of carbonyl (C=O) groups excluding carboxylic acids is 1. The quantitative estimate of drug-likeness (QED) is 0.598. The van der Waals surface area contributed by atoms with Crippen molar-refractivity contribution in [3.63, 3.8) is 0 Å². The summed E-state index contributed by atoms with van der Waals surface area (Å²) in [7, 11) is 3.22. The maximum Gasteiger partial charge on any atom is 0.251 e. The van der Waals surface area contributed by atoms with Gasteiger partial charge in [0.1, 0.15) is 11.5 Å². The lowest BCUT2D eigenvalue weighted by atomic mass is 10.0. The molecule has 0 spiro atoms. The van der Waals surface area contributed by atoms with E-state index in [4.69, 9.17) is 9.47 Å². The fraction of sp³-hybridized carbons (Fsp3) is 0.423. The van der Waals surface area contributed by atoms with Crippen molar-refractivity contribution in [1.82, 2.24) is 14.8 Å². The Bertz CT molecular complexity index is 1070. The van der Waals surface area contributed by atoms with E-state index in [0.29, 0.717) is 17.1 Å². The van der Waals surface area contributed by atoms with Crippen LogP contribution in [0, 0.1) is 6.92 Å². The first-order chi connectivity index (χ1) is 15.5. The molecule has 1 aromatic heterocycles. The Morgan fingerprint density at radius 2 is 1.75 bits per heavy atom. The topological polar surface area (TPSA) is 55.7 Å². The third-order valence-corrected chi connectivity index (χ3v) is 6.54. The highest BCUT2D eigenvalue weighted by Crippen LogP contribution is 2.30. The van der Waals surface area contributed by atoms with Crippen LogP contribution in [0.3, 0.4) is 0 Å². The van der Waals surface area contributed by atoms with E-state index in [-0.39, 0.29) is 11.9 Å². The van der Waals surface area contributed by atoms with Crippen LogP contribution in [0.5, 0.6) is 11.5 Å². The van der Waals surface area contributed by atoms with E-state index in [1.54, 1.807) is 26.4 Å². The summed E-state index contributed by atoms with van der Waals surface area (Å²) in [4.78, 5) is 15.4. The third kappa shape index (κ3) is 4.46. The monoisotopic (exact) mass is 435 g/mol. The normalized spacial score (nSPS) is 15.1. The molecule has 0 unspecified atom stereocenters. The van der Waals surface area contributed by atoms with E-state index in [1.807, 2.05) is 6.92 Å². The van der Waals surface area contributed by atoms with Gasteiger partial charge >= 0.3 is 0 Å². The number of aryl methyl sites for hydroxylation is 1. The first-order valence-electron chi connectivity index (χ1n) is 11.4. The van der Waals surface area contributed by atoms with Gasteiger partial charge in [0.2, 0.25) is 0 Å². The molecule has 32 heavy (non-hydrogen) atoms. The maximum absolute atomic E-state index is 12.9. The summed E-state index contributed by atoms with van der Waals surface area (Å²) in [6, 6.07) is 12.4. The number of aromatic nitrogens is 1. The van der Waals surface area contributed by atoms with Gasteiger partial charge in [-0.1, -0.05) is 18.2 Å². The number of para-hydroxylation sites is 1. The minimum atomic E-state index is -0.0777. The molecule has 3 aromatic rings. The van der Waals surface area contributed by atoms with E-state index in [0.717, 1.165) is 44.6 Å². The highest BCUT2D eigenvalue weighted by Gasteiger charge is 2.23. The molecular formula is C26H33N3O3. The number of likely N-dealkylation sites (tertiary alicyclic amines) is 1. The van der Waals surface area contributed by atoms with Crippen LogP contribution in [0.15, 0.2) is 42.6 Å². The maximum atomic E-state index is 12.9. The molecule has 1 saturated heterocycles. The molecule has 170 valence electrons. The lowest BCUT2D eigenvalue weighted by Gasteiger charge is -2.32. The summed E-state index contributed by atoms with van der Waals surface area (Å²) < 4.78 is 13.1. The molecule has 6 heteroatoms. The number of methoxy groups -OCH3 is 2. The minimum absolute atomic E-state index is 0.0777. The van der Waals surface area contributed by atoms with Crippen LogP contribution < -0.4 is 14.8 Å². The predicted molar refractivity (Wildman–Crippen MR) is 128 cm³/mol. The summed E-state index contributed by atoms with van der Waals surface area (Å²) in [5.41, 5.74) is 4.14. The highest BCUT2D eigenvalue weighted by molar-refractivity contribution is 5.95. The zero-order valence-corrected chi connectivity index (χ0v) is 19.5. The molecule has 6 nitrogen and oxygen atoms in total. The molecule has 1 N–H and O–H groups in total. The Morgan fingerprint density at radius 3 is 2.38 bits per heavy atom. The van der Waals surface area contributed by atoms with Crippen LogP contribution in [0.2, 0.25) is 0 Å². The second-order valence-electron chi connectivity index (χ2n) is 8.49. The largest absolute Gasteiger partial charge is 0.496 e. The molecule has 0 aliphatic carbocycles. The number of hydrogen-bond acceptors (Lipinski definition) is 4. The molecule has 2 heterocycles. The Hall–Kier alpha value is -2.99. The summed E-state index contributed by atoms with van der Waals surface area (Å²) in [5.74, 6) is 1.25. The lowest BCUT2D eigenvalue weighted by Crippen LogP contribution is -2.44. The summed E-state index contributed by atoms with van der Waals surface area (Å²) >= 11 is 0. The molecule has 1 aliphatic heterocycles. The van der Waals surface area contributed by atoms with Gasteiger partial charge in [-0.3, -0.25) is 9.69 Å². The van der Waals surface area contributed by atoms with Crippen LogP contribution in [-0.4, -0.2) is 48.7 Å². The number of nitrogens with one attached hydrogen (secondary N) is 1. The molecule has 0 saturated carbocycles. The molecule has 1 fully saturated rings. The van der Waals surface area contributed by atoms with E-state index in [2.05, 4.69) is 52.2 Å². The molecule has 1 amide bonds. The molecular weight excluding hydrogens is 402 g/mol. The predicted octanol–water partition coefficient (Wildman–Crippen LogP) is 4.38. The Labute approximate surface area is 190 Å². The lowest BCUT2D eigenvalue weighted by molar-refractivity contribution is 0.0908. The second kappa shape index (κ2) is 9.65. The fourth-order valence-electron chi connectivity index (χ4n) is 4.67. The van der Waals surface area contributed by atoms with Gasteiger partial charge in [-0.25, -0.2) is 0 Å². The summed E-state index contributed by atoms with van der Waals surface area (Å²) in [5, 5.41) is 4.54. The number of nitrogens with zero attached hydrogens (tertiary/aromatic N) is 2. The smallest absolute Gasteiger partial charge is 0.251 e. The fourth-order valence-corrected chi connectivity index (χ4v) is 4.67. The molecule has 0 bridgehead atoms. The third-order valence-electron chi connectivity index (χ3n) is 6.54. The molecule has 0 radical (unpaired) electrons. The molecule has 2 aromatic carbocycles. The van der Waals surface area contributed by atoms with E-state index in [9.17, 15) is 4.79 Å². The average Bonchev–Trinajstić information content (AvgIpc) is 3.18.